The van der Waals surface area contributed by atoms with Crippen LogP contribution >= 0.6 is 0 Å². The molecule has 460 valence electrons. The van der Waals surface area contributed by atoms with Gasteiger partial charge in [-0.05, 0) is 194 Å². The summed E-state index contributed by atoms with van der Waals surface area (Å²) in [5.74, 6) is 1.24. The fourth-order valence-electron chi connectivity index (χ4n) is 12.7. The Morgan fingerprint density at radius 3 is 1.04 bits per heavy atom. The number of rotatable bonds is 5. The molecule has 0 N–H and O–H groups in total. The van der Waals surface area contributed by atoms with Crippen LogP contribution in [0.1, 0.15) is 69.4 Å². The van der Waals surface area contributed by atoms with Gasteiger partial charge in [-0.15, -0.1) is 0 Å². The molecule has 0 saturated carbocycles. The van der Waals surface area contributed by atoms with Crippen molar-refractivity contribution in [3.63, 3.8) is 0 Å². The van der Waals surface area contributed by atoms with E-state index in [9.17, 15) is 0 Å². The smallest absolute Gasteiger partial charge is 0.233 e. The lowest BCUT2D eigenvalue weighted by atomic mass is 9.97. The highest BCUT2D eigenvalue weighted by atomic mass is 15.1. The van der Waals surface area contributed by atoms with Gasteiger partial charge in [-0.25, -0.2) is 9.13 Å². The van der Waals surface area contributed by atoms with E-state index in [0.717, 1.165) is 50.2 Å². The fourth-order valence-corrected chi connectivity index (χ4v) is 12.7. The molecule has 6 heteroatoms. The van der Waals surface area contributed by atoms with Crippen LogP contribution in [0.15, 0.2) is 243 Å². The zero-order valence-electron chi connectivity index (χ0n) is 62.3. The Hall–Kier alpha value is -10.2. The van der Waals surface area contributed by atoms with Crippen LogP contribution in [0.5, 0.6) is 0 Å². The van der Waals surface area contributed by atoms with Crippen molar-refractivity contribution < 1.29 is 31.1 Å². The van der Waals surface area contributed by atoms with E-state index in [-0.39, 0.29) is 0 Å². The van der Waals surface area contributed by atoms with Gasteiger partial charge in [0.2, 0.25) is 44.8 Å². The molecule has 6 nitrogen and oxygen atoms in total. The van der Waals surface area contributed by atoms with E-state index in [2.05, 4.69) is 292 Å². The Morgan fingerprint density at radius 2 is 0.652 bits per heavy atom. The third-order valence-electron chi connectivity index (χ3n) is 18.0. The lowest BCUT2D eigenvalue weighted by Gasteiger charge is -2.10. The molecule has 5 aromatic heterocycles. The number of aryl methyl sites for hydroxylation is 15. The predicted molar refractivity (Wildman–Crippen MR) is 386 cm³/mol. The minimum Gasteiger partial charge on any atom is -0.233 e. The summed E-state index contributed by atoms with van der Waals surface area (Å²) in [5.41, 5.74) is 27.0. The molecule has 0 aliphatic carbocycles. The Labute approximate surface area is 555 Å². The lowest BCUT2D eigenvalue weighted by Crippen LogP contribution is -2.32. The number of pyridine rings is 4. The number of imidazole rings is 1. The van der Waals surface area contributed by atoms with Crippen LogP contribution in [0.3, 0.4) is 0 Å². The van der Waals surface area contributed by atoms with Crippen molar-refractivity contribution in [3.8, 4) is 56.4 Å². The predicted octanol–water partition coefficient (Wildman–Crippen LogP) is 18.2. The molecule has 14 rings (SSSR count). The van der Waals surface area contributed by atoms with E-state index < -0.39 is 13.7 Å². The van der Waals surface area contributed by atoms with Gasteiger partial charge in [-0.1, -0.05) is 125 Å². The van der Waals surface area contributed by atoms with Crippen molar-refractivity contribution in [1.29, 1.82) is 0 Å². The summed E-state index contributed by atoms with van der Waals surface area (Å²) in [7, 11) is 12.5. The SMILES string of the molecule is Cc1cc(C)c(C)c(-c2ccc3ccccc3[n+]2C)c1.Cc1ccc(-c2ccc3ccccc3[n+]2C)c(C)c1.Cc1ccccc1-c1n(C)cc[n+]1C.[2H]C([2H])([2H])c1cc(C)cc(-c2ccc3ccccc3[n+]2C)c1C.[2H]C([2H])([2H])c1ccc(-c2ccc3ccccc3[n+]2C)c(C)c1. The molecule has 5 heterocycles. The van der Waals surface area contributed by atoms with Gasteiger partial charge in [-0.2, -0.15) is 18.3 Å². The molecule has 0 aliphatic heterocycles. The minimum absolute atomic E-state index is 0.386. The number of fused-ring (bicyclic) bond motifs is 4. The van der Waals surface area contributed by atoms with E-state index >= 15 is 0 Å². The zero-order valence-corrected chi connectivity index (χ0v) is 56.3. The van der Waals surface area contributed by atoms with Crippen molar-refractivity contribution in [2.45, 2.75) is 76.0 Å². The van der Waals surface area contributed by atoms with Gasteiger partial charge < -0.3 is 0 Å². The monoisotopic (exact) mass is 1210 g/mol. The molecule has 14 aromatic rings. The van der Waals surface area contributed by atoms with Gasteiger partial charge in [0.05, 0.1) is 19.7 Å². The molecule has 92 heavy (non-hydrogen) atoms. The first-order chi connectivity index (χ1) is 46.6. The third-order valence-corrected chi connectivity index (χ3v) is 18.0. The number of hydrogen-bond donors (Lipinski definition) is 0. The van der Waals surface area contributed by atoms with Gasteiger partial charge in [0.15, 0.2) is 0 Å². The summed E-state index contributed by atoms with van der Waals surface area (Å²) in [6, 6.07) is 79.4. The van der Waals surface area contributed by atoms with Crippen molar-refractivity contribution in [2.75, 3.05) is 0 Å². The number of para-hydroxylation sites is 4. The fraction of sp³-hybridized carbons (Fsp3) is 0.198. The van der Waals surface area contributed by atoms with Gasteiger partial charge in [0.25, 0.3) is 5.82 Å². The molecule has 0 bridgehead atoms. The zero-order chi connectivity index (χ0) is 70.5. The van der Waals surface area contributed by atoms with Gasteiger partial charge >= 0.3 is 0 Å². The van der Waals surface area contributed by atoms with Crippen molar-refractivity contribution in [3.05, 3.63) is 304 Å². The summed E-state index contributed by atoms with van der Waals surface area (Å²) in [6.07, 6.45) is 4.14. The quantitative estimate of drug-likeness (QED) is 0.153. The molecular weight excluding hydrogens is 1120 g/mol. The molecule has 0 unspecified atom stereocenters. The molecule has 0 amide bonds. The maximum absolute atomic E-state index is 7.78. The summed E-state index contributed by atoms with van der Waals surface area (Å²) in [6.45, 7) is 14.7. The van der Waals surface area contributed by atoms with Gasteiger partial charge in [-0.3, -0.25) is 0 Å². The summed E-state index contributed by atoms with van der Waals surface area (Å²) >= 11 is 0. The van der Waals surface area contributed by atoms with Crippen molar-refractivity contribution in [2.24, 2.45) is 42.3 Å². The van der Waals surface area contributed by atoms with Crippen LogP contribution in [0, 0.1) is 76.0 Å². The standard InChI is InChI=1S/2C19H20N.2C18H18N.C12H15N2/c2*1-13-11-14(2)15(3)17(12-13)19-10-9-16-7-5-6-8-18(16)20(19)4;2*1-13-8-10-16(14(2)12-13)18-11-9-15-6-4-5-7-17(15)19(18)3;1-10-6-4-5-7-11(10)12-13(2)8-9-14(12)3/h2*5-12H,1-4H3;2*4-12H,1-3H3;4-9H,1-3H3/q5*+1/i2D3;;1D3;;. The Balaban J connectivity index is 0.000000134. The highest BCUT2D eigenvalue weighted by Crippen LogP contribution is 2.30. The largest absolute Gasteiger partial charge is 0.288 e. The van der Waals surface area contributed by atoms with E-state index in [0.29, 0.717) is 11.1 Å². The third kappa shape index (κ3) is 14.1. The number of benzene rings is 9. The van der Waals surface area contributed by atoms with E-state index in [1.54, 1.807) is 18.2 Å². The molecular formula is C86H91N6+5. The van der Waals surface area contributed by atoms with Crippen molar-refractivity contribution in [1.82, 2.24) is 4.57 Å². The highest BCUT2D eigenvalue weighted by Gasteiger charge is 2.21. The first-order valence-electron chi connectivity index (χ1n) is 34.6. The van der Waals surface area contributed by atoms with Crippen LogP contribution in [-0.2, 0) is 42.3 Å². The number of aromatic nitrogens is 6. The van der Waals surface area contributed by atoms with Crippen LogP contribution in [-0.4, -0.2) is 4.57 Å². The molecule has 0 spiro atoms. The van der Waals surface area contributed by atoms with Crippen molar-refractivity contribution >= 4 is 43.6 Å². The summed E-state index contributed by atoms with van der Waals surface area (Å²) < 4.78 is 59.0. The Kier molecular flexibility index (Phi) is 17.6. The number of nitrogens with zero attached hydrogens (tertiary/aromatic N) is 6. The Bertz CT molecular complexity index is 5250. The van der Waals surface area contributed by atoms with E-state index in [1.807, 2.05) is 65.2 Å². The van der Waals surface area contributed by atoms with Crippen LogP contribution in [0.4, 0.5) is 0 Å². The average molecular weight is 1210 g/mol. The van der Waals surface area contributed by atoms with Crippen LogP contribution in [0.2, 0.25) is 0 Å². The Morgan fingerprint density at radius 1 is 0.293 bits per heavy atom. The number of hydrogen-bond acceptors (Lipinski definition) is 0. The molecule has 0 fully saturated rings. The molecule has 0 aliphatic rings. The molecule has 0 saturated heterocycles. The van der Waals surface area contributed by atoms with Crippen LogP contribution < -0.4 is 22.8 Å². The lowest BCUT2D eigenvalue weighted by molar-refractivity contribution is -0.659. The van der Waals surface area contributed by atoms with Gasteiger partial charge in [0, 0.05) is 101 Å². The normalized spacial score (nSPS) is 12.1. The highest BCUT2D eigenvalue weighted by molar-refractivity contribution is 5.81. The molecule has 0 radical (unpaired) electrons. The average Bonchev–Trinajstić information content (AvgIpc) is 0.879. The second-order valence-corrected chi connectivity index (χ2v) is 24.6. The summed E-state index contributed by atoms with van der Waals surface area (Å²) in [5, 5.41) is 4.91. The molecule has 9 aromatic carbocycles. The first kappa shape index (κ1) is 57.0. The first-order valence-corrected chi connectivity index (χ1v) is 31.6. The maximum atomic E-state index is 7.78. The second kappa shape index (κ2) is 28.3. The maximum Gasteiger partial charge on any atom is 0.288 e. The van der Waals surface area contributed by atoms with E-state index in [1.165, 1.54) is 99.9 Å². The topological polar surface area (TPSA) is 24.3 Å². The molecule has 0 atom stereocenters. The second-order valence-electron chi connectivity index (χ2n) is 24.6. The van der Waals surface area contributed by atoms with E-state index in [4.69, 9.17) is 8.22 Å². The van der Waals surface area contributed by atoms with Crippen LogP contribution in [0.25, 0.3) is 100 Å². The minimum atomic E-state index is -2.10. The summed E-state index contributed by atoms with van der Waals surface area (Å²) in [4.78, 5) is 0. The van der Waals surface area contributed by atoms with Gasteiger partial charge in [0.1, 0.15) is 40.6 Å².